The molecule has 0 saturated heterocycles. The molecule has 1 aliphatic heterocycles. The van der Waals surface area contributed by atoms with Crippen LogP contribution in [0.1, 0.15) is 51.8 Å². The maximum absolute atomic E-state index is 14.4. The Kier molecular flexibility index (Phi) is 5.44. The van der Waals surface area contributed by atoms with E-state index >= 15 is 0 Å². The summed E-state index contributed by atoms with van der Waals surface area (Å²) in [5.74, 6) is 0.945. The van der Waals surface area contributed by atoms with Crippen molar-refractivity contribution >= 4 is 17.6 Å². The molecule has 0 aliphatic carbocycles. The number of alkyl carbamates (subject to hydrolysis) is 1. The molecule has 8 nitrogen and oxygen atoms in total. The normalized spacial score (nSPS) is 18.7. The molecule has 9 heteroatoms. The Bertz CT molecular complexity index is 1160. The van der Waals surface area contributed by atoms with Gasteiger partial charge in [0.15, 0.2) is 5.65 Å². The van der Waals surface area contributed by atoms with Gasteiger partial charge in [-0.1, -0.05) is 0 Å². The first-order valence-electron chi connectivity index (χ1n) is 10.6. The number of amides is 1. The van der Waals surface area contributed by atoms with E-state index in [9.17, 15) is 9.18 Å². The van der Waals surface area contributed by atoms with Crippen LogP contribution in [0, 0.1) is 5.82 Å². The van der Waals surface area contributed by atoms with Crippen LogP contribution >= 0.6 is 0 Å². The number of halogens is 1. The Hall–Kier alpha value is -3.36. The highest BCUT2D eigenvalue weighted by molar-refractivity contribution is 5.67. The molecule has 0 radical (unpaired) electrons. The fourth-order valence-corrected chi connectivity index (χ4v) is 3.80. The van der Waals surface area contributed by atoms with Gasteiger partial charge in [0.05, 0.1) is 18.8 Å². The van der Waals surface area contributed by atoms with Gasteiger partial charge in [0, 0.05) is 29.8 Å². The van der Waals surface area contributed by atoms with Gasteiger partial charge in [-0.2, -0.15) is 5.10 Å². The van der Waals surface area contributed by atoms with Crippen LogP contribution in [0.3, 0.4) is 0 Å². The first kappa shape index (κ1) is 21.9. The lowest BCUT2D eigenvalue weighted by Gasteiger charge is -2.27. The largest absolute Gasteiger partial charge is 0.485 e. The third-order valence-electron chi connectivity index (χ3n) is 5.17. The van der Waals surface area contributed by atoms with E-state index in [0.717, 1.165) is 5.56 Å². The number of hydrogen-bond donors (Lipinski definition) is 2. The first-order chi connectivity index (χ1) is 15.0. The van der Waals surface area contributed by atoms with Crippen molar-refractivity contribution in [2.45, 2.75) is 58.3 Å². The average molecular weight is 442 g/mol. The van der Waals surface area contributed by atoms with Crippen molar-refractivity contribution in [3.63, 3.8) is 0 Å². The summed E-state index contributed by atoms with van der Waals surface area (Å²) in [7, 11) is 0. The molecular formula is C23H28FN5O3. The molecule has 3 aromatic rings. The van der Waals surface area contributed by atoms with Gasteiger partial charge in [-0.15, -0.1) is 0 Å². The summed E-state index contributed by atoms with van der Waals surface area (Å²) in [6.45, 7) is 9.46. The number of rotatable bonds is 5. The zero-order chi connectivity index (χ0) is 23.1. The molecule has 1 amide bonds. The summed E-state index contributed by atoms with van der Waals surface area (Å²) in [5.41, 5.74) is 0.868. The van der Waals surface area contributed by atoms with Gasteiger partial charge in [-0.25, -0.2) is 18.7 Å². The van der Waals surface area contributed by atoms with Gasteiger partial charge in [-0.3, -0.25) is 0 Å². The van der Waals surface area contributed by atoms with Gasteiger partial charge in [0.25, 0.3) is 0 Å². The van der Waals surface area contributed by atoms with Crippen molar-refractivity contribution in [3.8, 4) is 5.75 Å². The van der Waals surface area contributed by atoms with E-state index in [1.807, 2.05) is 32.2 Å². The average Bonchev–Trinajstić information content (AvgIpc) is 3.28. The number of hydrogen-bond acceptors (Lipinski definition) is 6. The molecule has 0 saturated carbocycles. The predicted octanol–water partition coefficient (Wildman–Crippen LogP) is 4.26. The molecule has 170 valence electrons. The number of anilines is 1. The molecule has 0 bridgehead atoms. The van der Waals surface area contributed by atoms with E-state index in [1.54, 1.807) is 31.5 Å². The molecule has 2 atom stereocenters. The summed E-state index contributed by atoms with van der Waals surface area (Å²) >= 11 is 0. The summed E-state index contributed by atoms with van der Waals surface area (Å²) in [6, 6.07) is 6.31. The fraction of sp³-hybridized carbons (Fsp3) is 0.435. The van der Waals surface area contributed by atoms with Crippen molar-refractivity contribution in [2.24, 2.45) is 0 Å². The van der Waals surface area contributed by atoms with Gasteiger partial charge in [0.2, 0.25) is 0 Å². The highest BCUT2D eigenvalue weighted by Gasteiger charge is 2.38. The number of nitrogens with one attached hydrogen (secondary N) is 2. The second-order valence-electron chi connectivity index (χ2n) is 9.38. The van der Waals surface area contributed by atoms with Crippen molar-refractivity contribution in [3.05, 3.63) is 53.6 Å². The molecule has 1 aliphatic rings. The summed E-state index contributed by atoms with van der Waals surface area (Å²) in [6.07, 6.45) is 3.44. The molecule has 0 spiro atoms. The molecule has 2 aromatic heterocycles. The molecule has 3 heterocycles. The number of aromatic nitrogens is 3. The monoisotopic (exact) mass is 441 g/mol. The molecule has 0 fully saturated rings. The molecule has 4 rings (SSSR count). The zero-order valence-electron chi connectivity index (χ0n) is 18.9. The highest BCUT2D eigenvalue weighted by Crippen LogP contribution is 2.41. The minimum atomic E-state index is -0.712. The van der Waals surface area contributed by atoms with Crippen LogP contribution in [0.5, 0.6) is 5.75 Å². The minimum absolute atomic E-state index is 0.235. The third-order valence-corrected chi connectivity index (χ3v) is 5.17. The highest BCUT2D eigenvalue weighted by atomic mass is 19.1. The van der Waals surface area contributed by atoms with E-state index in [1.165, 1.54) is 12.1 Å². The second kappa shape index (κ2) is 7.96. The van der Waals surface area contributed by atoms with Crippen molar-refractivity contribution in [1.82, 2.24) is 19.9 Å². The molecule has 0 unspecified atom stereocenters. The lowest BCUT2D eigenvalue weighted by Crippen LogP contribution is -2.45. The topological polar surface area (TPSA) is 89.8 Å². The molecule has 32 heavy (non-hydrogen) atoms. The van der Waals surface area contributed by atoms with Gasteiger partial charge < -0.3 is 20.1 Å². The molecule has 1 aromatic carbocycles. The van der Waals surface area contributed by atoms with Crippen molar-refractivity contribution in [2.75, 3.05) is 11.9 Å². The van der Waals surface area contributed by atoms with Crippen molar-refractivity contribution < 1.29 is 18.7 Å². The van der Waals surface area contributed by atoms with E-state index in [-0.39, 0.29) is 18.4 Å². The third kappa shape index (κ3) is 4.76. The number of ether oxygens (including phenoxy) is 2. The first-order valence-corrected chi connectivity index (χ1v) is 10.6. The predicted molar refractivity (Wildman–Crippen MR) is 118 cm³/mol. The molecular weight excluding hydrogens is 413 g/mol. The lowest BCUT2D eigenvalue weighted by molar-refractivity contribution is 0.0447. The standard InChI is InChI=1S/C23H28FN5O3/c1-14(27-18-7-9-29-19(28-18)6-8-26-29)17-11-16(24)10-15-12-23(5,31-20(15)17)13-25-21(30)32-22(2,3)4/h6-11,14H,12-13H2,1-5H3,(H,25,30)(H,27,28)/t14-,23-/m1/s1. The maximum atomic E-state index is 14.4. The SMILES string of the molecule is C[C@@H](Nc1ccn2nccc2n1)c1cc(F)cc2c1O[C@@](C)(CNC(=O)OC(C)(C)C)C2. The second-order valence-corrected chi connectivity index (χ2v) is 9.38. The van der Waals surface area contributed by atoms with Crippen LogP contribution in [0.2, 0.25) is 0 Å². The smallest absolute Gasteiger partial charge is 0.407 e. The van der Waals surface area contributed by atoms with Crippen LogP contribution in [0.25, 0.3) is 5.65 Å². The number of carbonyl (C=O) groups is 1. The minimum Gasteiger partial charge on any atom is -0.485 e. The quantitative estimate of drug-likeness (QED) is 0.615. The Labute approximate surface area is 186 Å². The van der Waals surface area contributed by atoms with Crippen LogP contribution in [-0.4, -0.2) is 38.4 Å². The van der Waals surface area contributed by atoms with Crippen LogP contribution < -0.4 is 15.4 Å². The summed E-state index contributed by atoms with van der Waals surface area (Å²) in [4.78, 5) is 16.6. The fourth-order valence-electron chi connectivity index (χ4n) is 3.80. The Morgan fingerprint density at radius 2 is 2.16 bits per heavy atom. The van der Waals surface area contributed by atoms with E-state index in [2.05, 4.69) is 20.7 Å². The Morgan fingerprint density at radius 1 is 1.38 bits per heavy atom. The zero-order valence-corrected chi connectivity index (χ0v) is 18.9. The Balaban J connectivity index is 1.50. The van der Waals surface area contributed by atoms with Gasteiger partial charge in [0.1, 0.15) is 28.6 Å². The van der Waals surface area contributed by atoms with E-state index < -0.39 is 17.3 Å². The number of fused-ring (bicyclic) bond motifs is 2. The number of carbonyl (C=O) groups excluding carboxylic acids is 1. The number of benzene rings is 1. The van der Waals surface area contributed by atoms with Crippen LogP contribution in [0.15, 0.2) is 36.7 Å². The van der Waals surface area contributed by atoms with Crippen molar-refractivity contribution in [1.29, 1.82) is 0 Å². The number of nitrogens with zero attached hydrogens (tertiary/aromatic N) is 3. The lowest BCUT2D eigenvalue weighted by atomic mass is 9.97. The Morgan fingerprint density at radius 3 is 2.91 bits per heavy atom. The van der Waals surface area contributed by atoms with Crippen LogP contribution in [0.4, 0.5) is 15.0 Å². The maximum Gasteiger partial charge on any atom is 0.407 e. The summed E-state index contributed by atoms with van der Waals surface area (Å²) in [5, 5.41) is 10.2. The van der Waals surface area contributed by atoms with Gasteiger partial charge in [-0.05, 0) is 52.8 Å². The van der Waals surface area contributed by atoms with E-state index in [0.29, 0.717) is 29.2 Å². The van der Waals surface area contributed by atoms with Gasteiger partial charge >= 0.3 is 6.09 Å². The van der Waals surface area contributed by atoms with E-state index in [4.69, 9.17) is 9.47 Å². The summed E-state index contributed by atoms with van der Waals surface area (Å²) < 4.78 is 27.7. The van der Waals surface area contributed by atoms with Crippen LogP contribution in [-0.2, 0) is 11.2 Å². The molecule has 2 N–H and O–H groups in total.